The van der Waals surface area contributed by atoms with E-state index in [1.807, 2.05) is 6.08 Å². The molecule has 458 valence electrons. The summed E-state index contributed by atoms with van der Waals surface area (Å²) in [6.07, 6.45) is 92.7. The van der Waals surface area contributed by atoms with E-state index < -0.39 is 12.1 Å². The van der Waals surface area contributed by atoms with Gasteiger partial charge in [0.15, 0.2) is 6.10 Å². The number of esters is 3. The number of ether oxygens (including phenoxy) is 3. The van der Waals surface area contributed by atoms with Crippen LogP contribution in [0.15, 0.2) is 109 Å². The van der Waals surface area contributed by atoms with Gasteiger partial charge in [0, 0.05) is 19.3 Å². The Morgan fingerprint density at radius 2 is 0.512 bits per heavy atom. The van der Waals surface area contributed by atoms with E-state index in [0.29, 0.717) is 19.3 Å². The van der Waals surface area contributed by atoms with Crippen molar-refractivity contribution in [1.29, 1.82) is 0 Å². The van der Waals surface area contributed by atoms with E-state index in [1.165, 1.54) is 173 Å². The zero-order valence-corrected chi connectivity index (χ0v) is 52.6. The lowest BCUT2D eigenvalue weighted by atomic mass is 10.0. The molecule has 0 aliphatic heterocycles. The molecule has 0 radical (unpaired) electrons. The van der Waals surface area contributed by atoms with Crippen LogP contribution in [0.2, 0.25) is 0 Å². The lowest BCUT2D eigenvalue weighted by molar-refractivity contribution is -0.166. The summed E-state index contributed by atoms with van der Waals surface area (Å²) in [4.78, 5) is 38.3. The molecule has 0 aromatic heterocycles. The van der Waals surface area contributed by atoms with Crippen molar-refractivity contribution in [2.24, 2.45) is 0 Å². The molecule has 0 saturated carbocycles. The molecule has 6 nitrogen and oxygen atoms in total. The minimum Gasteiger partial charge on any atom is -0.462 e. The number of hydrogen-bond donors (Lipinski definition) is 0. The maximum atomic E-state index is 12.9. The van der Waals surface area contributed by atoms with Crippen molar-refractivity contribution in [3.05, 3.63) is 109 Å². The van der Waals surface area contributed by atoms with Gasteiger partial charge in [0.25, 0.3) is 0 Å². The highest BCUT2D eigenvalue weighted by atomic mass is 16.6. The first-order valence-corrected chi connectivity index (χ1v) is 33.9. The molecule has 1 atom stereocenters. The van der Waals surface area contributed by atoms with E-state index in [9.17, 15) is 14.4 Å². The number of carbonyl (C=O) groups excluding carboxylic acids is 3. The Morgan fingerprint density at radius 1 is 0.263 bits per heavy atom. The summed E-state index contributed by atoms with van der Waals surface area (Å²) in [5.74, 6) is -1.00. The van der Waals surface area contributed by atoms with Gasteiger partial charge < -0.3 is 14.2 Å². The third-order valence-corrected chi connectivity index (χ3v) is 14.5. The van der Waals surface area contributed by atoms with Crippen LogP contribution in [0.5, 0.6) is 0 Å². The number of allylic oxidation sites excluding steroid dienone is 18. The van der Waals surface area contributed by atoms with Crippen molar-refractivity contribution < 1.29 is 28.6 Å². The van der Waals surface area contributed by atoms with Crippen LogP contribution in [0.3, 0.4) is 0 Å². The first-order chi connectivity index (χ1) is 39.5. The molecule has 6 heteroatoms. The van der Waals surface area contributed by atoms with Gasteiger partial charge in [-0.25, -0.2) is 0 Å². The molecule has 80 heavy (non-hydrogen) atoms. The Hall–Kier alpha value is -3.93. The predicted molar refractivity (Wildman–Crippen MR) is 348 cm³/mol. The number of carbonyl (C=O) groups is 3. The van der Waals surface area contributed by atoms with Gasteiger partial charge in [-0.3, -0.25) is 14.4 Å². The van der Waals surface area contributed by atoms with Gasteiger partial charge in [-0.2, -0.15) is 0 Å². The second kappa shape index (κ2) is 67.6. The van der Waals surface area contributed by atoms with Crippen LogP contribution in [-0.4, -0.2) is 37.2 Å². The van der Waals surface area contributed by atoms with Gasteiger partial charge in [0.05, 0.1) is 0 Å². The van der Waals surface area contributed by atoms with Crippen LogP contribution in [0, 0.1) is 0 Å². The smallest absolute Gasteiger partial charge is 0.306 e. The topological polar surface area (TPSA) is 78.9 Å². The maximum absolute atomic E-state index is 12.9. The standard InChI is InChI=1S/C74H126O6/c1-4-7-10-13-16-19-22-25-28-31-33-34-35-36-37-38-39-40-42-43-46-49-52-55-58-61-64-67-73(76)79-70-71(69-78-72(75)66-63-60-57-54-51-48-45-30-27-24-21-18-15-12-9-6-3)80-74(77)68-65-62-59-56-53-50-47-44-41-32-29-26-23-20-17-14-11-8-5-2/h8,11,17,20-21,24,26,29-31,33,41,44-45,50,53,59,62,71H,4-7,9-10,12-16,18-19,22-23,25,27-28,32,34-40,42-43,46-49,51-52,54-58,60-61,63-70H2,1-3H3/b11-8-,20-17-,24-21-,29-26-,33-31-,44-41-,45-30-,53-50-,62-59-. The molecule has 0 rings (SSSR count). The molecule has 0 aliphatic carbocycles. The number of hydrogen-bond acceptors (Lipinski definition) is 6. The fourth-order valence-electron chi connectivity index (χ4n) is 9.44. The first kappa shape index (κ1) is 76.1. The summed E-state index contributed by atoms with van der Waals surface area (Å²) in [5.41, 5.74) is 0. The number of rotatable bonds is 61. The quantitative estimate of drug-likeness (QED) is 0.0261. The third-order valence-electron chi connectivity index (χ3n) is 14.5. The number of unbranched alkanes of at least 4 members (excludes halogenated alkanes) is 32. The van der Waals surface area contributed by atoms with Gasteiger partial charge in [0.1, 0.15) is 13.2 Å². The third kappa shape index (κ3) is 64.9. The van der Waals surface area contributed by atoms with Crippen LogP contribution in [0.25, 0.3) is 0 Å². The summed E-state index contributed by atoms with van der Waals surface area (Å²) in [6.45, 7) is 6.46. The highest BCUT2D eigenvalue weighted by Crippen LogP contribution is 2.16. The van der Waals surface area contributed by atoms with Gasteiger partial charge in [0.2, 0.25) is 0 Å². The zero-order chi connectivity index (χ0) is 57.8. The van der Waals surface area contributed by atoms with Crippen molar-refractivity contribution in [2.75, 3.05) is 13.2 Å². The van der Waals surface area contributed by atoms with Crippen molar-refractivity contribution >= 4 is 17.9 Å². The second-order valence-electron chi connectivity index (χ2n) is 22.3. The Morgan fingerprint density at radius 3 is 0.838 bits per heavy atom. The summed E-state index contributed by atoms with van der Waals surface area (Å²) in [7, 11) is 0. The molecule has 0 spiro atoms. The molecule has 1 unspecified atom stereocenters. The zero-order valence-electron chi connectivity index (χ0n) is 52.6. The monoisotopic (exact) mass is 1110 g/mol. The Kier molecular flexibility index (Phi) is 64.3. The van der Waals surface area contributed by atoms with E-state index in [2.05, 4.69) is 124 Å². The van der Waals surface area contributed by atoms with Crippen LogP contribution in [0.1, 0.15) is 323 Å². The molecule has 0 heterocycles. The second-order valence-corrected chi connectivity index (χ2v) is 22.3. The van der Waals surface area contributed by atoms with Crippen molar-refractivity contribution in [2.45, 2.75) is 329 Å². The normalized spacial score (nSPS) is 12.8. The minimum atomic E-state index is -0.827. The van der Waals surface area contributed by atoms with Crippen LogP contribution in [-0.2, 0) is 28.6 Å². The van der Waals surface area contributed by atoms with Crippen molar-refractivity contribution in [1.82, 2.24) is 0 Å². The van der Waals surface area contributed by atoms with Gasteiger partial charge in [-0.05, 0) is 116 Å². The molecule has 0 fully saturated rings. The largest absolute Gasteiger partial charge is 0.462 e. The Labute approximate surface area is 495 Å². The minimum absolute atomic E-state index is 0.112. The lowest BCUT2D eigenvalue weighted by Crippen LogP contribution is -2.30. The van der Waals surface area contributed by atoms with E-state index in [1.54, 1.807) is 0 Å². The van der Waals surface area contributed by atoms with Crippen LogP contribution < -0.4 is 0 Å². The summed E-state index contributed by atoms with van der Waals surface area (Å²) in [6, 6.07) is 0. The SMILES string of the molecule is CC/C=C\C/C=C\C/C=C\C/C=C\C/C=C\C/C=C\CCC(=O)OC(COC(=O)CCCCCCC/C=C\C/C=C\CCCCCC)COC(=O)CCCCCCCCCCCCCCCCC/C=C\CCCCCCCCCC. The highest BCUT2D eigenvalue weighted by Gasteiger charge is 2.19. The first-order valence-electron chi connectivity index (χ1n) is 33.9. The van der Waals surface area contributed by atoms with Gasteiger partial charge in [-0.1, -0.05) is 297 Å². The molecule has 0 N–H and O–H groups in total. The van der Waals surface area contributed by atoms with Crippen LogP contribution >= 0.6 is 0 Å². The van der Waals surface area contributed by atoms with Gasteiger partial charge in [-0.15, -0.1) is 0 Å². The molecule has 0 aromatic carbocycles. The van der Waals surface area contributed by atoms with Gasteiger partial charge >= 0.3 is 17.9 Å². The van der Waals surface area contributed by atoms with E-state index in [0.717, 1.165) is 103 Å². The van der Waals surface area contributed by atoms with E-state index in [4.69, 9.17) is 14.2 Å². The lowest BCUT2D eigenvalue weighted by Gasteiger charge is -2.18. The average Bonchev–Trinajstić information content (AvgIpc) is 3.46. The fourth-order valence-corrected chi connectivity index (χ4v) is 9.44. The van der Waals surface area contributed by atoms with E-state index >= 15 is 0 Å². The molecular formula is C74H126O6. The molecule has 0 bridgehead atoms. The fraction of sp³-hybridized carbons (Fsp3) is 0.716. The van der Waals surface area contributed by atoms with E-state index in [-0.39, 0.29) is 31.6 Å². The summed E-state index contributed by atoms with van der Waals surface area (Å²) < 4.78 is 16.9. The Balaban J connectivity index is 4.39. The summed E-state index contributed by atoms with van der Waals surface area (Å²) in [5, 5.41) is 0. The Bertz CT molecular complexity index is 1610. The molecule has 0 amide bonds. The molecular weight excluding hydrogens is 985 g/mol. The highest BCUT2D eigenvalue weighted by molar-refractivity contribution is 5.71. The molecule has 0 aromatic rings. The molecule has 0 aliphatic rings. The average molecular weight is 1110 g/mol. The predicted octanol–water partition coefficient (Wildman–Crippen LogP) is 23.4. The molecule has 0 saturated heterocycles. The van der Waals surface area contributed by atoms with Crippen LogP contribution in [0.4, 0.5) is 0 Å². The van der Waals surface area contributed by atoms with Crippen molar-refractivity contribution in [3.63, 3.8) is 0 Å². The van der Waals surface area contributed by atoms with Crippen molar-refractivity contribution in [3.8, 4) is 0 Å². The maximum Gasteiger partial charge on any atom is 0.306 e. The summed E-state index contributed by atoms with van der Waals surface area (Å²) >= 11 is 0.